The molecule has 25 heavy (non-hydrogen) atoms. The minimum atomic E-state index is -1.47. The van der Waals surface area contributed by atoms with Crippen LogP contribution in [-0.4, -0.2) is 13.9 Å². The molecular formula is C18H10F3N3S. The number of aromatic nitrogens is 3. The number of hydrogen-bond acceptors (Lipinski definition) is 3. The molecule has 0 aliphatic heterocycles. The molecule has 3 heterocycles. The molecule has 124 valence electrons. The van der Waals surface area contributed by atoms with Crippen molar-refractivity contribution in [1.29, 1.82) is 0 Å². The van der Waals surface area contributed by atoms with Crippen molar-refractivity contribution in [1.82, 2.24) is 13.9 Å². The fourth-order valence-electron chi connectivity index (χ4n) is 2.54. The molecule has 3 nitrogen and oxygen atoms in total. The first-order valence-corrected chi connectivity index (χ1v) is 8.10. The summed E-state index contributed by atoms with van der Waals surface area (Å²) >= 11 is 1.07. The second kappa shape index (κ2) is 6.25. The molecule has 0 unspecified atom stereocenters. The van der Waals surface area contributed by atoms with Gasteiger partial charge in [0, 0.05) is 34.4 Å². The molecule has 0 aliphatic carbocycles. The monoisotopic (exact) mass is 357 g/mol. The summed E-state index contributed by atoms with van der Waals surface area (Å²) in [5, 5.41) is 0.907. The van der Waals surface area contributed by atoms with Crippen molar-refractivity contribution in [3.05, 3.63) is 78.6 Å². The Morgan fingerprint density at radius 1 is 0.960 bits per heavy atom. The van der Waals surface area contributed by atoms with E-state index >= 15 is 0 Å². The van der Waals surface area contributed by atoms with E-state index in [4.69, 9.17) is 0 Å². The average Bonchev–Trinajstić information content (AvgIpc) is 3.03. The third-order valence-electron chi connectivity index (χ3n) is 3.68. The number of fused-ring (bicyclic) bond motifs is 1. The molecule has 0 radical (unpaired) electrons. The van der Waals surface area contributed by atoms with Crippen LogP contribution in [0.25, 0.3) is 22.2 Å². The van der Waals surface area contributed by atoms with Gasteiger partial charge in [0.05, 0.1) is 17.4 Å². The van der Waals surface area contributed by atoms with Gasteiger partial charge in [0.25, 0.3) is 0 Å². The number of pyridine rings is 2. The van der Waals surface area contributed by atoms with Gasteiger partial charge in [0.2, 0.25) is 0 Å². The quantitative estimate of drug-likeness (QED) is 0.480. The van der Waals surface area contributed by atoms with E-state index in [1.165, 1.54) is 0 Å². The topological polar surface area (TPSA) is 30.7 Å². The Morgan fingerprint density at radius 2 is 1.76 bits per heavy atom. The molecule has 4 rings (SSSR count). The molecule has 0 aliphatic rings. The molecule has 0 amide bonds. The second-order valence-electron chi connectivity index (χ2n) is 5.27. The lowest BCUT2D eigenvalue weighted by atomic mass is 10.1. The smallest absolute Gasteiger partial charge is 0.194 e. The molecule has 1 aromatic carbocycles. The van der Waals surface area contributed by atoms with Crippen molar-refractivity contribution in [3.8, 4) is 11.3 Å². The minimum absolute atomic E-state index is 0.247. The van der Waals surface area contributed by atoms with Crippen LogP contribution in [0.3, 0.4) is 0 Å². The van der Waals surface area contributed by atoms with Gasteiger partial charge in [-0.2, -0.15) is 0 Å². The lowest BCUT2D eigenvalue weighted by Gasteiger charge is -2.07. The maximum Gasteiger partial charge on any atom is 0.194 e. The van der Waals surface area contributed by atoms with Crippen molar-refractivity contribution in [2.75, 3.05) is 0 Å². The molecule has 3 aromatic heterocycles. The van der Waals surface area contributed by atoms with Crippen molar-refractivity contribution in [2.45, 2.75) is 4.90 Å². The summed E-state index contributed by atoms with van der Waals surface area (Å²) in [5.41, 5.74) is 2.40. The van der Waals surface area contributed by atoms with E-state index in [9.17, 15) is 13.2 Å². The third kappa shape index (κ3) is 2.87. The van der Waals surface area contributed by atoms with Crippen LogP contribution in [-0.2, 0) is 0 Å². The maximum atomic E-state index is 13.4. The molecule has 0 N–H and O–H groups in total. The number of rotatable bonds is 3. The number of benzene rings is 1. The summed E-state index contributed by atoms with van der Waals surface area (Å²) in [6.07, 6.45) is 6.84. The fourth-order valence-corrected chi connectivity index (χ4v) is 3.44. The Bertz CT molecular complexity index is 1040. The van der Waals surface area contributed by atoms with E-state index in [2.05, 4.69) is 9.97 Å². The van der Waals surface area contributed by atoms with Crippen LogP contribution in [0.2, 0.25) is 0 Å². The summed E-state index contributed by atoms with van der Waals surface area (Å²) in [4.78, 5) is 8.81. The first kappa shape index (κ1) is 15.7. The normalized spacial score (nSPS) is 11.2. The molecule has 0 spiro atoms. The molecule has 7 heteroatoms. The maximum absolute atomic E-state index is 13.4. The number of nitrogens with zero attached hydrogens (tertiary/aromatic N) is 3. The van der Waals surface area contributed by atoms with Crippen LogP contribution in [0.1, 0.15) is 0 Å². The van der Waals surface area contributed by atoms with Crippen molar-refractivity contribution in [2.24, 2.45) is 0 Å². The highest BCUT2D eigenvalue weighted by molar-refractivity contribution is 7.98. The number of hydrogen-bond donors (Lipinski definition) is 0. The summed E-state index contributed by atoms with van der Waals surface area (Å²) in [6, 6.07) is 9.40. The van der Waals surface area contributed by atoms with Crippen molar-refractivity contribution >= 4 is 22.9 Å². The van der Waals surface area contributed by atoms with E-state index in [0.717, 1.165) is 46.2 Å². The van der Waals surface area contributed by atoms with Gasteiger partial charge in [-0.25, -0.2) is 13.2 Å². The molecule has 4 aromatic rings. The van der Waals surface area contributed by atoms with Crippen LogP contribution in [0.4, 0.5) is 13.2 Å². The van der Waals surface area contributed by atoms with E-state index in [1.54, 1.807) is 28.8 Å². The Labute approximate surface area is 145 Å². The van der Waals surface area contributed by atoms with Crippen LogP contribution in [0, 0.1) is 17.5 Å². The fraction of sp³-hybridized carbons (Fsp3) is 0. The standard InChI is InChI=1S/C18H10F3N3S/c19-14-7-11(8-15(20)18(14)21)25-24-6-4-12-13(9-22-10-17(12)24)16-3-1-2-5-23-16/h1-10H. The van der Waals surface area contributed by atoms with Gasteiger partial charge in [-0.1, -0.05) is 6.07 Å². The first-order chi connectivity index (χ1) is 12.1. The first-order valence-electron chi connectivity index (χ1n) is 7.33. The lowest BCUT2D eigenvalue weighted by Crippen LogP contribution is -1.93. The number of halogens is 3. The molecule has 0 fully saturated rings. The van der Waals surface area contributed by atoms with Gasteiger partial charge < -0.3 is 0 Å². The predicted octanol–water partition coefficient (Wildman–Crippen LogP) is 5.07. The molecule has 0 bridgehead atoms. The minimum Gasteiger partial charge on any atom is -0.285 e. The van der Waals surface area contributed by atoms with E-state index < -0.39 is 17.5 Å². The van der Waals surface area contributed by atoms with Gasteiger partial charge in [-0.05, 0) is 42.3 Å². The highest BCUT2D eigenvalue weighted by Gasteiger charge is 2.13. The SMILES string of the molecule is Fc1cc(Sn2ccc3c(-c4ccccn4)cncc32)cc(F)c1F. The zero-order valence-electron chi connectivity index (χ0n) is 12.7. The van der Waals surface area contributed by atoms with E-state index in [1.807, 2.05) is 24.3 Å². The van der Waals surface area contributed by atoms with E-state index in [0.29, 0.717) is 0 Å². The Balaban J connectivity index is 1.78. The Kier molecular flexibility index (Phi) is 3.93. The van der Waals surface area contributed by atoms with Gasteiger partial charge in [-0.3, -0.25) is 13.9 Å². The summed E-state index contributed by atoms with van der Waals surface area (Å²) < 4.78 is 41.6. The summed E-state index contributed by atoms with van der Waals surface area (Å²) in [6.45, 7) is 0. The molecule has 0 saturated carbocycles. The molecule has 0 saturated heterocycles. The highest BCUT2D eigenvalue weighted by atomic mass is 32.2. The highest BCUT2D eigenvalue weighted by Crippen LogP contribution is 2.32. The van der Waals surface area contributed by atoms with Gasteiger partial charge in [0.15, 0.2) is 17.5 Å². The predicted molar refractivity (Wildman–Crippen MR) is 90.5 cm³/mol. The summed E-state index contributed by atoms with van der Waals surface area (Å²) in [7, 11) is 0. The lowest BCUT2D eigenvalue weighted by molar-refractivity contribution is 0.443. The Morgan fingerprint density at radius 3 is 2.48 bits per heavy atom. The van der Waals surface area contributed by atoms with Gasteiger partial charge in [0.1, 0.15) is 0 Å². The average molecular weight is 357 g/mol. The van der Waals surface area contributed by atoms with E-state index in [-0.39, 0.29) is 4.90 Å². The largest absolute Gasteiger partial charge is 0.285 e. The zero-order chi connectivity index (χ0) is 17.4. The van der Waals surface area contributed by atoms with Crippen molar-refractivity contribution < 1.29 is 13.2 Å². The molecular weight excluding hydrogens is 347 g/mol. The second-order valence-corrected chi connectivity index (χ2v) is 6.32. The van der Waals surface area contributed by atoms with Gasteiger partial charge in [-0.15, -0.1) is 0 Å². The van der Waals surface area contributed by atoms with Crippen LogP contribution in [0.5, 0.6) is 0 Å². The Hall–Kier alpha value is -2.80. The van der Waals surface area contributed by atoms with Crippen LogP contribution >= 0.6 is 11.9 Å². The summed E-state index contributed by atoms with van der Waals surface area (Å²) in [5.74, 6) is -3.90. The van der Waals surface area contributed by atoms with Gasteiger partial charge >= 0.3 is 0 Å². The van der Waals surface area contributed by atoms with Crippen LogP contribution in [0.15, 0.2) is 66.1 Å². The zero-order valence-corrected chi connectivity index (χ0v) is 13.5. The molecule has 0 atom stereocenters. The van der Waals surface area contributed by atoms with Crippen molar-refractivity contribution in [3.63, 3.8) is 0 Å². The third-order valence-corrected chi connectivity index (χ3v) is 4.64. The van der Waals surface area contributed by atoms with Crippen LogP contribution < -0.4 is 0 Å².